The van der Waals surface area contributed by atoms with E-state index in [0.717, 1.165) is 13.1 Å². The fourth-order valence-electron chi connectivity index (χ4n) is 2.79. The molecule has 94 valence electrons. The average molecular weight is 232 g/mol. The summed E-state index contributed by atoms with van der Waals surface area (Å²) in [5.74, 6) is 0.623. The number of rotatable bonds is 4. The molecule has 3 atom stereocenters. The fourth-order valence-corrected chi connectivity index (χ4v) is 2.79. The van der Waals surface area contributed by atoms with Crippen LogP contribution in [0.5, 0.6) is 0 Å². The van der Waals surface area contributed by atoms with Gasteiger partial charge in [0.1, 0.15) is 0 Å². The van der Waals surface area contributed by atoms with Gasteiger partial charge in [0.25, 0.3) is 0 Å². The van der Waals surface area contributed by atoms with E-state index < -0.39 is 0 Å². The summed E-state index contributed by atoms with van der Waals surface area (Å²) in [5.41, 5.74) is 7.58. The van der Waals surface area contributed by atoms with Crippen LogP contribution in [0, 0.1) is 5.92 Å². The molecule has 1 aromatic rings. The molecule has 2 N–H and O–H groups in total. The SMILES string of the molecule is CCCC(c1ccccc1)N1CC(C)C(N)C1. The first-order chi connectivity index (χ1) is 8.22. The number of likely N-dealkylation sites (tertiary alicyclic amines) is 1. The van der Waals surface area contributed by atoms with Gasteiger partial charge in [-0.2, -0.15) is 0 Å². The monoisotopic (exact) mass is 232 g/mol. The second-order valence-electron chi connectivity index (χ2n) is 5.31. The number of benzene rings is 1. The van der Waals surface area contributed by atoms with Crippen LogP contribution < -0.4 is 5.73 Å². The standard InChI is InChI=1S/C15H24N2/c1-3-7-15(13-8-5-4-6-9-13)17-10-12(2)14(16)11-17/h4-6,8-9,12,14-15H,3,7,10-11,16H2,1-2H3. The van der Waals surface area contributed by atoms with Crippen LogP contribution in [-0.2, 0) is 0 Å². The smallest absolute Gasteiger partial charge is 0.0348 e. The Morgan fingerprint density at radius 3 is 2.53 bits per heavy atom. The Balaban J connectivity index is 2.13. The van der Waals surface area contributed by atoms with Crippen molar-refractivity contribution in [2.24, 2.45) is 11.7 Å². The fraction of sp³-hybridized carbons (Fsp3) is 0.600. The molecule has 1 saturated heterocycles. The van der Waals surface area contributed by atoms with Crippen molar-refractivity contribution < 1.29 is 0 Å². The summed E-state index contributed by atoms with van der Waals surface area (Å²) in [4.78, 5) is 2.56. The van der Waals surface area contributed by atoms with Gasteiger partial charge in [0.05, 0.1) is 0 Å². The molecule has 0 saturated carbocycles. The van der Waals surface area contributed by atoms with Gasteiger partial charge in [-0.05, 0) is 17.9 Å². The van der Waals surface area contributed by atoms with E-state index in [0.29, 0.717) is 18.0 Å². The highest BCUT2D eigenvalue weighted by atomic mass is 15.2. The first-order valence-electron chi connectivity index (χ1n) is 6.77. The molecule has 2 rings (SSSR count). The lowest BCUT2D eigenvalue weighted by molar-refractivity contribution is 0.224. The zero-order valence-electron chi connectivity index (χ0n) is 11.0. The van der Waals surface area contributed by atoms with Gasteiger partial charge in [-0.25, -0.2) is 0 Å². The third-order valence-electron chi connectivity index (χ3n) is 3.89. The van der Waals surface area contributed by atoms with E-state index in [1.54, 1.807) is 0 Å². The van der Waals surface area contributed by atoms with E-state index >= 15 is 0 Å². The molecule has 0 bridgehead atoms. The maximum absolute atomic E-state index is 6.14. The van der Waals surface area contributed by atoms with Crippen molar-refractivity contribution in [2.75, 3.05) is 13.1 Å². The zero-order valence-corrected chi connectivity index (χ0v) is 11.0. The van der Waals surface area contributed by atoms with Gasteiger partial charge in [0.15, 0.2) is 0 Å². The first kappa shape index (κ1) is 12.6. The summed E-state index contributed by atoms with van der Waals surface area (Å²) in [5, 5.41) is 0. The van der Waals surface area contributed by atoms with Gasteiger partial charge in [-0.15, -0.1) is 0 Å². The first-order valence-corrected chi connectivity index (χ1v) is 6.77. The number of nitrogens with two attached hydrogens (primary N) is 1. The number of hydrogen-bond acceptors (Lipinski definition) is 2. The highest BCUT2D eigenvalue weighted by molar-refractivity contribution is 5.19. The Bertz CT molecular complexity index is 326. The quantitative estimate of drug-likeness (QED) is 0.865. The van der Waals surface area contributed by atoms with E-state index in [-0.39, 0.29) is 0 Å². The predicted octanol–water partition coefficient (Wildman–Crippen LogP) is 2.81. The summed E-state index contributed by atoms with van der Waals surface area (Å²) < 4.78 is 0. The Labute approximate surface area is 105 Å². The van der Waals surface area contributed by atoms with Crippen molar-refractivity contribution in [1.82, 2.24) is 4.90 Å². The van der Waals surface area contributed by atoms with Crippen LogP contribution in [0.25, 0.3) is 0 Å². The highest BCUT2D eigenvalue weighted by Gasteiger charge is 2.31. The summed E-state index contributed by atoms with van der Waals surface area (Å²) in [6.07, 6.45) is 2.45. The Kier molecular flexibility index (Phi) is 4.19. The molecule has 0 spiro atoms. The second kappa shape index (κ2) is 5.65. The molecule has 2 nitrogen and oxygen atoms in total. The summed E-state index contributed by atoms with van der Waals surface area (Å²) in [6, 6.07) is 11.7. The topological polar surface area (TPSA) is 29.3 Å². The summed E-state index contributed by atoms with van der Waals surface area (Å²) in [7, 11) is 0. The van der Waals surface area contributed by atoms with Crippen molar-refractivity contribution >= 4 is 0 Å². The molecule has 1 aliphatic rings. The average Bonchev–Trinajstić information content (AvgIpc) is 2.67. The maximum atomic E-state index is 6.14. The molecule has 1 aromatic carbocycles. The van der Waals surface area contributed by atoms with E-state index in [1.807, 2.05) is 0 Å². The minimum atomic E-state index is 0.345. The molecule has 2 heteroatoms. The second-order valence-corrected chi connectivity index (χ2v) is 5.31. The van der Waals surface area contributed by atoms with Gasteiger partial charge < -0.3 is 5.73 Å². The molecule has 1 fully saturated rings. The molecular weight excluding hydrogens is 208 g/mol. The van der Waals surface area contributed by atoms with Gasteiger partial charge in [0.2, 0.25) is 0 Å². The van der Waals surface area contributed by atoms with Crippen molar-refractivity contribution in [3.05, 3.63) is 35.9 Å². The van der Waals surface area contributed by atoms with Crippen molar-refractivity contribution in [3.8, 4) is 0 Å². The van der Waals surface area contributed by atoms with Gasteiger partial charge in [-0.1, -0.05) is 50.6 Å². The van der Waals surface area contributed by atoms with Crippen LogP contribution in [0.15, 0.2) is 30.3 Å². The number of nitrogens with zero attached hydrogens (tertiary/aromatic N) is 1. The van der Waals surface area contributed by atoms with E-state index in [2.05, 4.69) is 49.1 Å². The van der Waals surface area contributed by atoms with Crippen LogP contribution in [0.3, 0.4) is 0 Å². The molecule has 1 aliphatic heterocycles. The molecule has 17 heavy (non-hydrogen) atoms. The van der Waals surface area contributed by atoms with Crippen molar-refractivity contribution in [2.45, 2.75) is 38.8 Å². The molecule has 3 unspecified atom stereocenters. The summed E-state index contributed by atoms with van der Waals surface area (Å²) in [6.45, 7) is 6.70. The Morgan fingerprint density at radius 1 is 1.29 bits per heavy atom. The lowest BCUT2D eigenvalue weighted by Crippen LogP contribution is -2.30. The minimum Gasteiger partial charge on any atom is -0.326 e. The van der Waals surface area contributed by atoms with Crippen molar-refractivity contribution in [3.63, 3.8) is 0 Å². The summed E-state index contributed by atoms with van der Waals surface area (Å²) >= 11 is 0. The third kappa shape index (κ3) is 2.88. The highest BCUT2D eigenvalue weighted by Crippen LogP contribution is 2.30. The van der Waals surface area contributed by atoms with Gasteiger partial charge in [0, 0.05) is 25.2 Å². The Hall–Kier alpha value is -0.860. The van der Waals surface area contributed by atoms with E-state index in [4.69, 9.17) is 5.73 Å². The predicted molar refractivity (Wildman–Crippen MR) is 72.8 cm³/mol. The molecule has 0 aromatic heterocycles. The molecule has 0 amide bonds. The zero-order chi connectivity index (χ0) is 12.3. The third-order valence-corrected chi connectivity index (χ3v) is 3.89. The molecule has 1 heterocycles. The van der Waals surface area contributed by atoms with Crippen LogP contribution in [0.4, 0.5) is 0 Å². The number of hydrogen-bond donors (Lipinski definition) is 1. The largest absolute Gasteiger partial charge is 0.326 e. The van der Waals surface area contributed by atoms with Crippen LogP contribution >= 0.6 is 0 Å². The van der Waals surface area contributed by atoms with Crippen LogP contribution in [0.2, 0.25) is 0 Å². The van der Waals surface area contributed by atoms with Crippen LogP contribution in [0.1, 0.15) is 38.3 Å². The minimum absolute atomic E-state index is 0.345. The molecule has 0 radical (unpaired) electrons. The molecular formula is C15H24N2. The van der Waals surface area contributed by atoms with Crippen molar-refractivity contribution in [1.29, 1.82) is 0 Å². The molecule has 0 aliphatic carbocycles. The van der Waals surface area contributed by atoms with E-state index in [1.165, 1.54) is 18.4 Å². The lowest BCUT2D eigenvalue weighted by Gasteiger charge is -2.28. The normalized spacial score (nSPS) is 27.2. The lowest BCUT2D eigenvalue weighted by atomic mass is 10.0. The van der Waals surface area contributed by atoms with E-state index in [9.17, 15) is 0 Å². The maximum Gasteiger partial charge on any atom is 0.0348 e. The van der Waals surface area contributed by atoms with Gasteiger partial charge >= 0.3 is 0 Å². The van der Waals surface area contributed by atoms with Crippen LogP contribution in [-0.4, -0.2) is 24.0 Å². The van der Waals surface area contributed by atoms with Gasteiger partial charge in [-0.3, -0.25) is 4.90 Å². The Morgan fingerprint density at radius 2 is 2.00 bits per heavy atom.